The van der Waals surface area contributed by atoms with Gasteiger partial charge in [-0.1, -0.05) is 6.92 Å². The van der Waals surface area contributed by atoms with E-state index in [4.69, 9.17) is 15.6 Å². The molecule has 0 aliphatic carbocycles. The molecule has 1 heterocycles. The Kier molecular flexibility index (Phi) is 3.03. The molecular formula is C7H15NO4. The highest BCUT2D eigenvalue weighted by Gasteiger charge is 2.39. The number of rotatable bonds is 1. The Hall–Kier alpha value is -0.200. The van der Waals surface area contributed by atoms with Gasteiger partial charge in [-0.05, 0) is 0 Å². The van der Waals surface area contributed by atoms with E-state index in [9.17, 15) is 10.2 Å². The fourth-order valence-corrected chi connectivity index (χ4v) is 1.34. The summed E-state index contributed by atoms with van der Waals surface area (Å²) < 4.78 is 5.05. The number of hydrogen-bond acceptors (Lipinski definition) is 5. The Morgan fingerprint density at radius 2 is 1.92 bits per heavy atom. The molecule has 5 heteroatoms. The van der Waals surface area contributed by atoms with Crippen molar-refractivity contribution in [2.45, 2.75) is 31.5 Å². The molecule has 0 spiro atoms. The fourth-order valence-electron chi connectivity index (χ4n) is 1.34. The predicted octanol–water partition coefficient (Wildman–Crippen LogP) is -1.98. The van der Waals surface area contributed by atoms with Crippen molar-refractivity contribution in [3.63, 3.8) is 0 Å². The van der Waals surface area contributed by atoms with Crippen LogP contribution in [0.4, 0.5) is 0 Å². The Labute approximate surface area is 70.8 Å². The minimum Gasteiger partial charge on any atom is -0.394 e. The molecule has 12 heavy (non-hydrogen) atoms. The van der Waals surface area contributed by atoms with Gasteiger partial charge in [-0.3, -0.25) is 0 Å². The maximum atomic E-state index is 9.40. The third-order valence-corrected chi connectivity index (χ3v) is 2.32. The molecule has 1 aliphatic rings. The zero-order chi connectivity index (χ0) is 9.30. The summed E-state index contributed by atoms with van der Waals surface area (Å²) in [5.74, 6) is -0.301. The minimum absolute atomic E-state index is 0.196. The third kappa shape index (κ3) is 1.60. The topological polar surface area (TPSA) is 95.9 Å². The van der Waals surface area contributed by atoms with Gasteiger partial charge in [-0.15, -0.1) is 0 Å². The summed E-state index contributed by atoms with van der Waals surface area (Å²) in [4.78, 5) is 0. The van der Waals surface area contributed by atoms with Gasteiger partial charge in [0.15, 0.2) is 0 Å². The molecule has 1 fully saturated rings. The average molecular weight is 177 g/mol. The first-order valence-corrected chi connectivity index (χ1v) is 3.96. The van der Waals surface area contributed by atoms with Crippen LogP contribution in [0.2, 0.25) is 0 Å². The second-order valence-electron chi connectivity index (χ2n) is 3.16. The van der Waals surface area contributed by atoms with Crippen LogP contribution in [-0.4, -0.2) is 46.5 Å². The van der Waals surface area contributed by atoms with Crippen LogP contribution in [-0.2, 0) is 4.74 Å². The molecule has 1 saturated heterocycles. The van der Waals surface area contributed by atoms with E-state index in [0.29, 0.717) is 0 Å². The van der Waals surface area contributed by atoms with E-state index in [1.807, 2.05) is 0 Å². The molecule has 5 N–H and O–H groups in total. The number of nitrogens with two attached hydrogens (primary N) is 1. The molecule has 0 bridgehead atoms. The zero-order valence-corrected chi connectivity index (χ0v) is 6.92. The number of hydrogen-bond donors (Lipinski definition) is 4. The molecule has 1 rings (SSSR count). The van der Waals surface area contributed by atoms with Gasteiger partial charge < -0.3 is 25.8 Å². The number of aliphatic hydroxyl groups excluding tert-OH is 3. The summed E-state index contributed by atoms with van der Waals surface area (Å²) in [7, 11) is 0. The van der Waals surface area contributed by atoms with Crippen molar-refractivity contribution in [3.8, 4) is 0 Å². The van der Waals surface area contributed by atoms with Crippen LogP contribution >= 0.6 is 0 Å². The lowest BCUT2D eigenvalue weighted by molar-refractivity contribution is -0.202. The zero-order valence-electron chi connectivity index (χ0n) is 6.92. The van der Waals surface area contributed by atoms with Gasteiger partial charge in [0.1, 0.15) is 12.3 Å². The molecule has 0 saturated carbocycles. The molecule has 5 atom stereocenters. The van der Waals surface area contributed by atoms with Gasteiger partial charge in [0.05, 0.1) is 18.8 Å². The SMILES string of the molecule is CC1C(CO)O[C@@H](N)C(O)[C@H]1O. The van der Waals surface area contributed by atoms with Crippen molar-refractivity contribution in [1.82, 2.24) is 0 Å². The van der Waals surface area contributed by atoms with E-state index < -0.39 is 24.5 Å². The van der Waals surface area contributed by atoms with Gasteiger partial charge >= 0.3 is 0 Å². The Morgan fingerprint density at radius 3 is 2.42 bits per heavy atom. The molecule has 0 aromatic carbocycles. The second-order valence-corrected chi connectivity index (χ2v) is 3.16. The summed E-state index contributed by atoms with van der Waals surface area (Å²) in [6.07, 6.45) is -3.39. The van der Waals surface area contributed by atoms with E-state index in [2.05, 4.69) is 0 Å². The minimum atomic E-state index is -1.07. The van der Waals surface area contributed by atoms with Gasteiger partial charge in [-0.2, -0.15) is 0 Å². The van der Waals surface area contributed by atoms with Crippen LogP contribution < -0.4 is 5.73 Å². The van der Waals surface area contributed by atoms with Gasteiger partial charge in [0.2, 0.25) is 0 Å². The first kappa shape index (κ1) is 9.88. The van der Waals surface area contributed by atoms with Crippen molar-refractivity contribution in [2.24, 2.45) is 11.7 Å². The Morgan fingerprint density at radius 1 is 1.33 bits per heavy atom. The fraction of sp³-hybridized carbons (Fsp3) is 1.00. The Balaban J connectivity index is 2.63. The van der Waals surface area contributed by atoms with E-state index in [1.54, 1.807) is 6.92 Å². The second kappa shape index (κ2) is 3.68. The molecule has 3 unspecified atom stereocenters. The Bertz CT molecular complexity index is 150. The number of aliphatic hydroxyl groups is 3. The van der Waals surface area contributed by atoms with Crippen LogP contribution in [0.1, 0.15) is 6.92 Å². The van der Waals surface area contributed by atoms with Crippen molar-refractivity contribution in [1.29, 1.82) is 0 Å². The van der Waals surface area contributed by atoms with Gasteiger partial charge in [0, 0.05) is 5.92 Å². The predicted molar refractivity (Wildman–Crippen MR) is 41.1 cm³/mol. The highest BCUT2D eigenvalue weighted by atomic mass is 16.5. The highest BCUT2D eigenvalue weighted by molar-refractivity contribution is 4.87. The molecule has 72 valence electrons. The van der Waals surface area contributed by atoms with Crippen LogP contribution in [0.3, 0.4) is 0 Å². The van der Waals surface area contributed by atoms with Crippen LogP contribution in [0.5, 0.6) is 0 Å². The molecule has 0 aromatic heterocycles. The molecular weight excluding hydrogens is 162 g/mol. The lowest BCUT2D eigenvalue weighted by Crippen LogP contribution is -2.57. The summed E-state index contributed by atoms with van der Waals surface area (Å²) >= 11 is 0. The lowest BCUT2D eigenvalue weighted by atomic mass is 9.91. The lowest BCUT2D eigenvalue weighted by Gasteiger charge is -2.39. The standard InChI is InChI=1S/C7H15NO4/c1-3-4(2-9)12-7(8)6(11)5(3)10/h3-7,9-11H,2,8H2,1H3/t3?,4?,5-,6?,7+/m0/s1. The summed E-state index contributed by atoms with van der Waals surface area (Å²) in [6.45, 7) is 1.50. The molecule has 0 radical (unpaired) electrons. The van der Waals surface area contributed by atoms with Crippen LogP contribution in [0.25, 0.3) is 0 Å². The normalized spacial score (nSPS) is 49.2. The smallest absolute Gasteiger partial charge is 0.134 e. The largest absolute Gasteiger partial charge is 0.394 e. The van der Waals surface area contributed by atoms with E-state index in [-0.39, 0.29) is 12.5 Å². The molecule has 5 nitrogen and oxygen atoms in total. The average Bonchev–Trinajstić information content (AvgIpc) is 2.08. The van der Waals surface area contributed by atoms with E-state index in [0.717, 1.165) is 0 Å². The van der Waals surface area contributed by atoms with E-state index >= 15 is 0 Å². The highest BCUT2D eigenvalue weighted by Crippen LogP contribution is 2.23. The maximum absolute atomic E-state index is 9.40. The van der Waals surface area contributed by atoms with E-state index in [1.165, 1.54) is 0 Å². The first-order chi connectivity index (χ1) is 5.57. The van der Waals surface area contributed by atoms with Gasteiger partial charge in [0.25, 0.3) is 0 Å². The van der Waals surface area contributed by atoms with Crippen molar-refractivity contribution >= 4 is 0 Å². The monoisotopic (exact) mass is 177 g/mol. The van der Waals surface area contributed by atoms with Crippen molar-refractivity contribution in [2.75, 3.05) is 6.61 Å². The van der Waals surface area contributed by atoms with Crippen molar-refractivity contribution < 1.29 is 20.1 Å². The van der Waals surface area contributed by atoms with Crippen LogP contribution in [0, 0.1) is 5.92 Å². The molecule has 0 aromatic rings. The summed E-state index contributed by atoms with van der Waals surface area (Å²) in [5.41, 5.74) is 5.35. The first-order valence-electron chi connectivity index (χ1n) is 3.96. The summed E-state index contributed by atoms with van der Waals surface area (Å²) in [5, 5.41) is 27.5. The third-order valence-electron chi connectivity index (χ3n) is 2.32. The maximum Gasteiger partial charge on any atom is 0.134 e. The molecule has 1 aliphatic heterocycles. The van der Waals surface area contributed by atoms with Crippen molar-refractivity contribution in [3.05, 3.63) is 0 Å². The quantitative estimate of drug-likeness (QED) is 0.372. The summed E-state index contributed by atoms with van der Waals surface area (Å²) in [6, 6.07) is 0. The number of ether oxygens (including phenoxy) is 1. The van der Waals surface area contributed by atoms with Crippen LogP contribution in [0.15, 0.2) is 0 Å². The molecule has 0 amide bonds. The van der Waals surface area contributed by atoms with Gasteiger partial charge in [-0.25, -0.2) is 0 Å².